The Bertz CT molecular complexity index is 423. The van der Waals surface area contributed by atoms with Crippen LogP contribution in [0.4, 0.5) is 0 Å². The van der Waals surface area contributed by atoms with Crippen molar-refractivity contribution in [3.05, 3.63) is 42.5 Å². The number of carbonyl (C=O) groups is 1. The molecule has 116 valence electrons. The first-order chi connectivity index (χ1) is 10.3. The van der Waals surface area contributed by atoms with Gasteiger partial charge in [0.25, 0.3) is 0 Å². The number of aryl methyl sites for hydroxylation is 1. The minimum atomic E-state index is -0.403. The molecule has 0 bridgehead atoms. The number of unbranched alkanes of at least 4 members (excludes halogenated alkanes) is 7. The molecule has 1 aromatic rings. The Hall–Kier alpha value is -1.57. The van der Waals surface area contributed by atoms with Crippen molar-refractivity contribution in [1.82, 2.24) is 0 Å². The fourth-order valence-electron chi connectivity index (χ4n) is 2.39. The second-order valence-corrected chi connectivity index (χ2v) is 5.50. The molecule has 0 saturated carbocycles. The molecule has 0 aliphatic rings. The van der Waals surface area contributed by atoms with E-state index in [1.807, 2.05) is 12.1 Å². The van der Waals surface area contributed by atoms with Gasteiger partial charge in [-0.3, -0.25) is 0 Å². The van der Waals surface area contributed by atoms with Crippen LogP contribution in [0.3, 0.4) is 0 Å². The van der Waals surface area contributed by atoms with Crippen molar-refractivity contribution in [3.63, 3.8) is 0 Å². The molecule has 2 heteroatoms. The van der Waals surface area contributed by atoms with Crippen molar-refractivity contribution in [2.45, 2.75) is 64.7 Å². The van der Waals surface area contributed by atoms with E-state index in [9.17, 15) is 4.79 Å². The third kappa shape index (κ3) is 8.34. The van der Waals surface area contributed by atoms with E-state index in [4.69, 9.17) is 4.74 Å². The normalized spacial score (nSPS) is 10.3. The number of ether oxygens (including phenoxy) is 1. The van der Waals surface area contributed by atoms with Crippen molar-refractivity contribution < 1.29 is 9.53 Å². The quantitative estimate of drug-likeness (QED) is 0.234. The van der Waals surface area contributed by atoms with Gasteiger partial charge in [-0.05, 0) is 30.5 Å². The number of benzene rings is 1. The van der Waals surface area contributed by atoms with E-state index >= 15 is 0 Å². The molecular formula is C19H28O2. The summed E-state index contributed by atoms with van der Waals surface area (Å²) in [4.78, 5) is 11.2. The standard InChI is InChI=1S/C19H28O2/c1-3-5-6-7-8-9-10-11-13-17-14-12-15-18(16-17)21-19(20)4-2/h4,12,14-16H,2-3,5-11,13H2,1H3. The van der Waals surface area contributed by atoms with Gasteiger partial charge in [0.05, 0.1) is 0 Å². The second-order valence-electron chi connectivity index (χ2n) is 5.50. The smallest absolute Gasteiger partial charge is 0.335 e. The summed E-state index contributed by atoms with van der Waals surface area (Å²) in [5.41, 5.74) is 1.23. The van der Waals surface area contributed by atoms with Crippen molar-refractivity contribution in [1.29, 1.82) is 0 Å². The maximum atomic E-state index is 11.2. The zero-order valence-corrected chi connectivity index (χ0v) is 13.3. The summed E-state index contributed by atoms with van der Waals surface area (Å²) < 4.78 is 5.13. The fourth-order valence-corrected chi connectivity index (χ4v) is 2.39. The van der Waals surface area contributed by atoms with Gasteiger partial charge in [0.2, 0.25) is 0 Å². The van der Waals surface area contributed by atoms with E-state index in [-0.39, 0.29) is 0 Å². The van der Waals surface area contributed by atoms with Gasteiger partial charge in [-0.2, -0.15) is 0 Å². The van der Waals surface area contributed by atoms with Gasteiger partial charge >= 0.3 is 5.97 Å². The van der Waals surface area contributed by atoms with Gasteiger partial charge in [0, 0.05) is 6.08 Å². The zero-order chi connectivity index (χ0) is 15.3. The van der Waals surface area contributed by atoms with E-state index < -0.39 is 5.97 Å². The first kappa shape index (κ1) is 17.5. The van der Waals surface area contributed by atoms with E-state index in [0.717, 1.165) is 6.42 Å². The predicted molar refractivity (Wildman–Crippen MR) is 88.6 cm³/mol. The summed E-state index contributed by atoms with van der Waals surface area (Å²) in [7, 11) is 0. The lowest BCUT2D eigenvalue weighted by atomic mass is 10.0. The molecule has 0 aliphatic heterocycles. The molecule has 0 aliphatic carbocycles. The van der Waals surface area contributed by atoms with Crippen LogP contribution in [0.5, 0.6) is 5.75 Å². The molecule has 0 heterocycles. The molecule has 0 aromatic heterocycles. The van der Waals surface area contributed by atoms with Gasteiger partial charge in [-0.1, -0.05) is 70.6 Å². The van der Waals surface area contributed by atoms with Crippen LogP contribution in [0.1, 0.15) is 63.9 Å². The summed E-state index contributed by atoms with van der Waals surface area (Å²) in [6, 6.07) is 7.78. The molecule has 0 spiro atoms. The van der Waals surface area contributed by atoms with Crippen LogP contribution in [0.15, 0.2) is 36.9 Å². The Morgan fingerprint density at radius 2 is 1.76 bits per heavy atom. The minimum Gasteiger partial charge on any atom is -0.423 e. The summed E-state index contributed by atoms with van der Waals surface area (Å²) in [5.74, 6) is 0.205. The molecule has 0 saturated heterocycles. The Balaban J connectivity index is 2.18. The Morgan fingerprint density at radius 1 is 1.10 bits per heavy atom. The van der Waals surface area contributed by atoms with Crippen molar-refractivity contribution >= 4 is 5.97 Å². The van der Waals surface area contributed by atoms with Gasteiger partial charge in [0.15, 0.2) is 0 Å². The Kier molecular flexibility index (Phi) is 9.26. The molecular weight excluding hydrogens is 260 g/mol. The summed E-state index contributed by atoms with van der Waals surface area (Å²) >= 11 is 0. The summed E-state index contributed by atoms with van der Waals surface area (Å²) in [6.07, 6.45) is 12.8. The van der Waals surface area contributed by atoms with Crippen LogP contribution in [0.25, 0.3) is 0 Å². The maximum Gasteiger partial charge on any atom is 0.335 e. The first-order valence-corrected chi connectivity index (χ1v) is 8.19. The van der Waals surface area contributed by atoms with Gasteiger partial charge in [0.1, 0.15) is 5.75 Å². The molecule has 1 rings (SSSR count). The minimum absolute atomic E-state index is 0.403. The highest BCUT2D eigenvalue weighted by molar-refractivity contribution is 5.83. The van der Waals surface area contributed by atoms with Crippen LogP contribution in [-0.4, -0.2) is 5.97 Å². The number of rotatable bonds is 11. The SMILES string of the molecule is C=CC(=O)Oc1cccc(CCCCCCCCCC)c1. The fraction of sp³-hybridized carbons (Fsp3) is 0.526. The van der Waals surface area contributed by atoms with Gasteiger partial charge in [-0.15, -0.1) is 0 Å². The topological polar surface area (TPSA) is 26.3 Å². The monoisotopic (exact) mass is 288 g/mol. The molecule has 2 nitrogen and oxygen atoms in total. The molecule has 21 heavy (non-hydrogen) atoms. The lowest BCUT2D eigenvalue weighted by Crippen LogP contribution is -2.03. The van der Waals surface area contributed by atoms with E-state index in [2.05, 4.69) is 19.6 Å². The second kappa shape index (κ2) is 11.1. The molecule has 0 fully saturated rings. The van der Waals surface area contributed by atoms with Crippen LogP contribution in [0, 0.1) is 0 Å². The molecule has 1 aromatic carbocycles. The van der Waals surface area contributed by atoms with Crippen molar-refractivity contribution in [2.24, 2.45) is 0 Å². The predicted octanol–water partition coefficient (Wildman–Crippen LogP) is 5.46. The number of hydrogen-bond donors (Lipinski definition) is 0. The Morgan fingerprint density at radius 3 is 2.43 bits per heavy atom. The number of carbonyl (C=O) groups excluding carboxylic acids is 1. The van der Waals surface area contributed by atoms with Gasteiger partial charge < -0.3 is 4.74 Å². The average molecular weight is 288 g/mol. The number of esters is 1. The maximum absolute atomic E-state index is 11.2. The van der Waals surface area contributed by atoms with Crippen molar-refractivity contribution in [2.75, 3.05) is 0 Å². The van der Waals surface area contributed by atoms with E-state index in [0.29, 0.717) is 5.75 Å². The Labute approximate surface area is 129 Å². The van der Waals surface area contributed by atoms with E-state index in [1.165, 1.54) is 63.0 Å². The lowest BCUT2D eigenvalue weighted by Gasteiger charge is -2.05. The molecule has 0 N–H and O–H groups in total. The highest BCUT2D eigenvalue weighted by Gasteiger charge is 2.01. The average Bonchev–Trinajstić information content (AvgIpc) is 2.50. The van der Waals surface area contributed by atoms with Crippen LogP contribution < -0.4 is 4.74 Å². The zero-order valence-electron chi connectivity index (χ0n) is 13.3. The van der Waals surface area contributed by atoms with Crippen LogP contribution in [0.2, 0.25) is 0 Å². The summed E-state index contributed by atoms with van der Waals surface area (Å²) in [6.45, 7) is 5.65. The first-order valence-electron chi connectivity index (χ1n) is 8.19. The number of hydrogen-bond acceptors (Lipinski definition) is 2. The lowest BCUT2D eigenvalue weighted by molar-refractivity contribution is -0.128. The van der Waals surface area contributed by atoms with E-state index in [1.54, 1.807) is 6.07 Å². The summed E-state index contributed by atoms with van der Waals surface area (Å²) in [5, 5.41) is 0. The largest absolute Gasteiger partial charge is 0.423 e. The highest BCUT2D eigenvalue weighted by atomic mass is 16.5. The third-order valence-corrected chi connectivity index (χ3v) is 3.60. The highest BCUT2D eigenvalue weighted by Crippen LogP contribution is 2.16. The van der Waals surface area contributed by atoms with Crippen molar-refractivity contribution in [3.8, 4) is 5.75 Å². The van der Waals surface area contributed by atoms with Crippen LogP contribution in [-0.2, 0) is 11.2 Å². The third-order valence-electron chi connectivity index (χ3n) is 3.60. The molecule has 0 amide bonds. The molecule has 0 unspecified atom stereocenters. The molecule has 0 radical (unpaired) electrons. The molecule has 0 atom stereocenters. The van der Waals surface area contributed by atoms with Gasteiger partial charge in [-0.25, -0.2) is 4.79 Å². The van der Waals surface area contributed by atoms with Crippen LogP contribution >= 0.6 is 0 Å².